The lowest BCUT2D eigenvalue weighted by molar-refractivity contribution is 0.0908. The summed E-state index contributed by atoms with van der Waals surface area (Å²) in [6.45, 7) is 7.88. The minimum Gasteiger partial charge on any atom is -0.351 e. The summed E-state index contributed by atoms with van der Waals surface area (Å²) in [5, 5.41) is 6.93. The van der Waals surface area contributed by atoms with Gasteiger partial charge in [-0.1, -0.05) is 49.3 Å². The van der Waals surface area contributed by atoms with Gasteiger partial charge in [0.15, 0.2) is 0 Å². The van der Waals surface area contributed by atoms with Crippen LogP contribution in [0.2, 0.25) is 0 Å². The molecule has 1 aromatic heterocycles. The van der Waals surface area contributed by atoms with E-state index in [0.717, 1.165) is 31.7 Å². The van der Waals surface area contributed by atoms with Crippen molar-refractivity contribution in [2.45, 2.75) is 39.0 Å². The van der Waals surface area contributed by atoms with Crippen molar-refractivity contribution in [3.8, 4) is 0 Å². The van der Waals surface area contributed by atoms with E-state index in [1.54, 1.807) is 6.07 Å². The van der Waals surface area contributed by atoms with Gasteiger partial charge in [0, 0.05) is 25.7 Å². The molecule has 1 aromatic carbocycles. The van der Waals surface area contributed by atoms with Crippen molar-refractivity contribution in [3.05, 3.63) is 53.4 Å². The number of nitrogens with zero attached hydrogens (tertiary/aromatic N) is 2. The number of hydrogen-bond donors (Lipinski definition) is 1. The number of carbonyl (C=O) groups excluding carboxylic acids is 1. The number of rotatable bonds is 7. The lowest BCUT2D eigenvalue weighted by Gasteiger charge is -2.33. The van der Waals surface area contributed by atoms with Gasteiger partial charge >= 0.3 is 0 Å². The molecule has 1 atom stereocenters. The van der Waals surface area contributed by atoms with Gasteiger partial charge in [0.1, 0.15) is 0 Å². The molecule has 0 saturated carbocycles. The van der Waals surface area contributed by atoms with Gasteiger partial charge in [-0.15, -0.1) is 0 Å². The van der Waals surface area contributed by atoms with Crippen LogP contribution in [0.25, 0.3) is 0 Å². The predicted molar refractivity (Wildman–Crippen MR) is 102 cm³/mol. The molecule has 5 heteroatoms. The molecular formula is C21H29N3O2. The van der Waals surface area contributed by atoms with E-state index in [1.807, 2.05) is 0 Å². The first-order valence-electron chi connectivity index (χ1n) is 9.63. The van der Waals surface area contributed by atoms with E-state index in [9.17, 15) is 4.79 Å². The third-order valence-electron chi connectivity index (χ3n) is 4.89. The van der Waals surface area contributed by atoms with Gasteiger partial charge in [-0.25, -0.2) is 0 Å². The molecule has 1 aliphatic heterocycles. The van der Waals surface area contributed by atoms with Crippen molar-refractivity contribution in [2.75, 3.05) is 26.2 Å². The fourth-order valence-electron chi connectivity index (χ4n) is 3.60. The SMILES string of the molecule is CC(C)Cc1cc(C(=O)NCCN2CCC[C@H](c3ccccc3)C2)on1. The second kappa shape index (κ2) is 8.99. The highest BCUT2D eigenvalue weighted by Crippen LogP contribution is 2.26. The molecule has 1 aliphatic rings. The molecule has 1 N–H and O–H groups in total. The minimum atomic E-state index is -0.177. The Labute approximate surface area is 155 Å². The Hall–Kier alpha value is -2.14. The van der Waals surface area contributed by atoms with Crippen LogP contribution in [0.4, 0.5) is 0 Å². The summed E-state index contributed by atoms with van der Waals surface area (Å²) < 4.78 is 5.17. The number of nitrogens with one attached hydrogen (secondary N) is 1. The smallest absolute Gasteiger partial charge is 0.289 e. The van der Waals surface area contributed by atoms with E-state index in [2.05, 4.69) is 59.6 Å². The summed E-state index contributed by atoms with van der Waals surface area (Å²) in [7, 11) is 0. The summed E-state index contributed by atoms with van der Waals surface area (Å²) in [4.78, 5) is 14.6. The molecule has 5 nitrogen and oxygen atoms in total. The monoisotopic (exact) mass is 355 g/mol. The number of aromatic nitrogens is 1. The van der Waals surface area contributed by atoms with Gasteiger partial charge < -0.3 is 14.7 Å². The molecule has 0 bridgehead atoms. The van der Waals surface area contributed by atoms with Crippen LogP contribution in [0.5, 0.6) is 0 Å². The van der Waals surface area contributed by atoms with E-state index < -0.39 is 0 Å². The van der Waals surface area contributed by atoms with Crippen LogP contribution >= 0.6 is 0 Å². The molecule has 2 aromatic rings. The molecular weight excluding hydrogens is 326 g/mol. The van der Waals surface area contributed by atoms with E-state index in [0.29, 0.717) is 24.1 Å². The highest BCUT2D eigenvalue weighted by molar-refractivity contribution is 5.91. The maximum atomic E-state index is 12.2. The molecule has 0 unspecified atom stereocenters. The lowest BCUT2D eigenvalue weighted by atomic mass is 9.91. The Morgan fingerprint density at radius 1 is 1.35 bits per heavy atom. The first-order chi connectivity index (χ1) is 12.6. The quantitative estimate of drug-likeness (QED) is 0.826. The number of likely N-dealkylation sites (tertiary alicyclic amines) is 1. The molecule has 3 rings (SSSR count). The Kier molecular flexibility index (Phi) is 6.45. The molecule has 1 fully saturated rings. The second-order valence-electron chi connectivity index (χ2n) is 7.59. The normalized spacial score (nSPS) is 18.2. The fraction of sp³-hybridized carbons (Fsp3) is 0.524. The molecule has 2 heterocycles. The summed E-state index contributed by atoms with van der Waals surface area (Å²) >= 11 is 0. The van der Waals surface area contributed by atoms with Crippen molar-refractivity contribution in [2.24, 2.45) is 5.92 Å². The molecule has 140 valence electrons. The third kappa shape index (κ3) is 5.18. The summed E-state index contributed by atoms with van der Waals surface area (Å²) in [6.07, 6.45) is 3.27. The van der Waals surface area contributed by atoms with Crippen LogP contribution in [0.15, 0.2) is 40.9 Å². The van der Waals surface area contributed by atoms with Crippen molar-refractivity contribution in [1.82, 2.24) is 15.4 Å². The van der Waals surface area contributed by atoms with E-state index >= 15 is 0 Å². The number of carbonyl (C=O) groups is 1. The number of benzene rings is 1. The van der Waals surface area contributed by atoms with E-state index in [4.69, 9.17) is 4.52 Å². The van der Waals surface area contributed by atoms with Crippen molar-refractivity contribution in [3.63, 3.8) is 0 Å². The number of piperidine rings is 1. The highest BCUT2D eigenvalue weighted by Gasteiger charge is 2.21. The Bertz CT molecular complexity index is 696. The first kappa shape index (κ1) is 18.6. The zero-order chi connectivity index (χ0) is 18.4. The molecule has 0 spiro atoms. The number of hydrogen-bond acceptors (Lipinski definition) is 4. The zero-order valence-electron chi connectivity index (χ0n) is 15.8. The molecule has 1 amide bonds. The van der Waals surface area contributed by atoms with Crippen LogP contribution in [0, 0.1) is 5.92 Å². The molecule has 26 heavy (non-hydrogen) atoms. The topological polar surface area (TPSA) is 58.4 Å². The second-order valence-corrected chi connectivity index (χ2v) is 7.59. The van der Waals surface area contributed by atoms with Crippen LogP contribution in [0.1, 0.15) is 54.4 Å². The van der Waals surface area contributed by atoms with Crippen LogP contribution in [-0.4, -0.2) is 42.1 Å². The van der Waals surface area contributed by atoms with E-state index in [1.165, 1.54) is 18.4 Å². The maximum absolute atomic E-state index is 12.2. The fourth-order valence-corrected chi connectivity index (χ4v) is 3.60. The van der Waals surface area contributed by atoms with Crippen molar-refractivity contribution < 1.29 is 9.32 Å². The summed E-state index contributed by atoms with van der Waals surface area (Å²) in [6, 6.07) is 12.5. The molecule has 0 radical (unpaired) electrons. The van der Waals surface area contributed by atoms with Crippen molar-refractivity contribution in [1.29, 1.82) is 0 Å². The highest BCUT2D eigenvalue weighted by atomic mass is 16.5. The van der Waals surface area contributed by atoms with Gasteiger partial charge in [-0.05, 0) is 43.2 Å². The number of amides is 1. The van der Waals surface area contributed by atoms with Gasteiger partial charge in [-0.2, -0.15) is 0 Å². The van der Waals surface area contributed by atoms with Crippen LogP contribution in [0.3, 0.4) is 0 Å². The van der Waals surface area contributed by atoms with Gasteiger partial charge in [0.05, 0.1) is 5.69 Å². The van der Waals surface area contributed by atoms with Crippen LogP contribution < -0.4 is 5.32 Å². The lowest BCUT2D eigenvalue weighted by Crippen LogP contribution is -2.40. The zero-order valence-corrected chi connectivity index (χ0v) is 15.8. The van der Waals surface area contributed by atoms with Gasteiger partial charge in [-0.3, -0.25) is 4.79 Å². The average Bonchev–Trinajstić information content (AvgIpc) is 3.10. The third-order valence-corrected chi connectivity index (χ3v) is 4.89. The van der Waals surface area contributed by atoms with Crippen molar-refractivity contribution >= 4 is 5.91 Å². The minimum absolute atomic E-state index is 0.177. The predicted octanol–water partition coefficient (Wildman–Crippen LogP) is 3.48. The van der Waals surface area contributed by atoms with E-state index in [-0.39, 0.29) is 5.91 Å². The molecule has 1 saturated heterocycles. The maximum Gasteiger partial charge on any atom is 0.289 e. The average molecular weight is 355 g/mol. The Balaban J connectivity index is 1.44. The standard InChI is InChI=1S/C21H29N3O2/c1-16(2)13-19-14-20(26-23-19)21(25)22-10-12-24-11-6-9-18(15-24)17-7-4-3-5-8-17/h3-5,7-8,14,16,18H,6,9-13,15H2,1-2H3,(H,22,25)/t18-/m0/s1. The Morgan fingerprint density at radius 2 is 2.15 bits per heavy atom. The summed E-state index contributed by atoms with van der Waals surface area (Å²) in [5.41, 5.74) is 2.26. The summed E-state index contributed by atoms with van der Waals surface area (Å²) in [5.74, 6) is 1.21. The first-order valence-corrected chi connectivity index (χ1v) is 9.63. The largest absolute Gasteiger partial charge is 0.351 e. The van der Waals surface area contributed by atoms with Gasteiger partial charge in [0.2, 0.25) is 5.76 Å². The van der Waals surface area contributed by atoms with Crippen LogP contribution in [-0.2, 0) is 6.42 Å². The molecule has 0 aliphatic carbocycles. The Morgan fingerprint density at radius 3 is 2.92 bits per heavy atom. The van der Waals surface area contributed by atoms with Gasteiger partial charge in [0.25, 0.3) is 5.91 Å².